The topological polar surface area (TPSA) is 112 Å². The zero-order valence-corrected chi connectivity index (χ0v) is 10.9. The Morgan fingerprint density at radius 2 is 2.11 bits per heavy atom. The number of nitrogens with two attached hydrogens (primary N) is 1. The van der Waals surface area contributed by atoms with Crippen LogP contribution in [0.25, 0.3) is 0 Å². The van der Waals surface area contributed by atoms with E-state index in [2.05, 4.69) is 10.7 Å². The predicted octanol–water partition coefficient (Wildman–Crippen LogP) is 0.954. The van der Waals surface area contributed by atoms with E-state index in [1.807, 2.05) is 0 Å². The SMILES string of the molecule is COCC(CNc1cccc(NN)c1[N+](=O)[O-])OC. The highest BCUT2D eigenvalue weighted by Gasteiger charge is 2.19. The Balaban J connectivity index is 2.85. The molecule has 0 aliphatic rings. The highest BCUT2D eigenvalue weighted by Crippen LogP contribution is 2.32. The molecule has 19 heavy (non-hydrogen) atoms. The summed E-state index contributed by atoms with van der Waals surface area (Å²) in [6.07, 6.45) is -0.195. The highest BCUT2D eigenvalue weighted by molar-refractivity contribution is 5.75. The second-order valence-corrected chi connectivity index (χ2v) is 3.80. The van der Waals surface area contributed by atoms with E-state index in [0.29, 0.717) is 18.8 Å². The van der Waals surface area contributed by atoms with Gasteiger partial charge in [0.15, 0.2) is 0 Å². The molecular formula is C11H18N4O4. The minimum atomic E-state index is -0.490. The molecular weight excluding hydrogens is 252 g/mol. The number of benzene rings is 1. The Morgan fingerprint density at radius 1 is 1.42 bits per heavy atom. The first-order valence-corrected chi connectivity index (χ1v) is 5.63. The van der Waals surface area contributed by atoms with Crippen molar-refractivity contribution in [3.8, 4) is 0 Å². The number of rotatable bonds is 8. The maximum atomic E-state index is 11.1. The highest BCUT2D eigenvalue weighted by atomic mass is 16.6. The number of methoxy groups -OCH3 is 2. The van der Waals surface area contributed by atoms with Crippen LogP contribution in [-0.2, 0) is 9.47 Å². The van der Waals surface area contributed by atoms with Gasteiger partial charge in [0.05, 0.1) is 17.6 Å². The molecule has 0 spiro atoms. The van der Waals surface area contributed by atoms with Gasteiger partial charge in [0.2, 0.25) is 0 Å². The molecule has 8 nitrogen and oxygen atoms in total. The van der Waals surface area contributed by atoms with E-state index in [0.717, 1.165) is 0 Å². The van der Waals surface area contributed by atoms with Crippen LogP contribution in [0, 0.1) is 10.1 Å². The molecule has 1 unspecified atom stereocenters. The quantitative estimate of drug-likeness (QED) is 0.366. The van der Waals surface area contributed by atoms with Crippen molar-refractivity contribution in [3.05, 3.63) is 28.3 Å². The van der Waals surface area contributed by atoms with Gasteiger partial charge in [-0.05, 0) is 12.1 Å². The molecule has 0 bridgehead atoms. The molecule has 1 atom stereocenters. The van der Waals surface area contributed by atoms with E-state index in [9.17, 15) is 10.1 Å². The maximum Gasteiger partial charge on any atom is 0.316 e. The van der Waals surface area contributed by atoms with Gasteiger partial charge in [-0.15, -0.1) is 0 Å². The second kappa shape index (κ2) is 7.52. The average molecular weight is 270 g/mol. The summed E-state index contributed by atoms with van der Waals surface area (Å²) < 4.78 is 10.1. The first-order chi connectivity index (χ1) is 9.13. The fraction of sp³-hybridized carbons (Fsp3) is 0.455. The van der Waals surface area contributed by atoms with Gasteiger partial charge in [-0.3, -0.25) is 16.0 Å². The summed E-state index contributed by atoms with van der Waals surface area (Å²) in [5, 5.41) is 14.0. The van der Waals surface area contributed by atoms with Gasteiger partial charge in [0, 0.05) is 20.8 Å². The van der Waals surface area contributed by atoms with Crippen LogP contribution in [0.5, 0.6) is 0 Å². The molecule has 0 radical (unpaired) electrons. The van der Waals surface area contributed by atoms with Gasteiger partial charge in [-0.2, -0.15) is 0 Å². The number of anilines is 2. The van der Waals surface area contributed by atoms with E-state index < -0.39 is 4.92 Å². The number of hydrogen-bond donors (Lipinski definition) is 3. The number of nitrogens with zero attached hydrogens (tertiary/aromatic N) is 1. The summed E-state index contributed by atoms with van der Waals surface area (Å²) in [6.45, 7) is 0.783. The van der Waals surface area contributed by atoms with Crippen LogP contribution in [0.15, 0.2) is 18.2 Å². The molecule has 1 aromatic carbocycles. The molecule has 0 fully saturated rings. The van der Waals surface area contributed by atoms with Crippen molar-refractivity contribution in [1.82, 2.24) is 0 Å². The molecule has 0 aliphatic heterocycles. The number of ether oxygens (including phenoxy) is 2. The molecule has 1 aromatic rings. The van der Waals surface area contributed by atoms with Crippen LogP contribution >= 0.6 is 0 Å². The fourth-order valence-electron chi connectivity index (χ4n) is 1.62. The van der Waals surface area contributed by atoms with Crippen LogP contribution in [0.4, 0.5) is 17.1 Å². The number of nitro groups is 1. The standard InChI is InChI=1S/C11H18N4O4/c1-18-7-8(19-2)6-13-9-4-3-5-10(14-12)11(9)15(16)17/h3-5,8,13-14H,6-7,12H2,1-2H3. The lowest BCUT2D eigenvalue weighted by molar-refractivity contribution is -0.383. The van der Waals surface area contributed by atoms with Gasteiger partial charge in [-0.25, -0.2) is 0 Å². The van der Waals surface area contributed by atoms with E-state index in [-0.39, 0.29) is 17.5 Å². The zero-order chi connectivity index (χ0) is 14.3. The van der Waals surface area contributed by atoms with Gasteiger partial charge < -0.3 is 20.2 Å². The zero-order valence-electron chi connectivity index (χ0n) is 10.9. The summed E-state index contributed by atoms with van der Waals surface area (Å²) in [6, 6.07) is 4.81. The number of para-hydroxylation sites is 1. The van der Waals surface area contributed by atoms with Crippen molar-refractivity contribution in [2.24, 2.45) is 5.84 Å². The minimum absolute atomic E-state index is 0.0998. The minimum Gasteiger partial charge on any atom is -0.382 e. The third kappa shape index (κ3) is 4.05. The predicted molar refractivity (Wildman–Crippen MR) is 72.1 cm³/mol. The van der Waals surface area contributed by atoms with Crippen molar-refractivity contribution in [2.45, 2.75) is 6.10 Å². The monoisotopic (exact) mass is 270 g/mol. The first-order valence-electron chi connectivity index (χ1n) is 5.63. The average Bonchev–Trinajstić information content (AvgIpc) is 2.42. The van der Waals surface area contributed by atoms with Gasteiger partial charge in [-0.1, -0.05) is 6.07 Å². The van der Waals surface area contributed by atoms with E-state index in [1.54, 1.807) is 26.4 Å². The first kappa shape index (κ1) is 15.2. The van der Waals surface area contributed by atoms with Crippen molar-refractivity contribution >= 4 is 17.1 Å². The van der Waals surface area contributed by atoms with Crippen molar-refractivity contribution in [1.29, 1.82) is 0 Å². The summed E-state index contributed by atoms with van der Waals surface area (Å²) >= 11 is 0. The Kier molecular flexibility index (Phi) is 6.00. The number of hydrazine groups is 1. The number of nitro benzene ring substituents is 1. The summed E-state index contributed by atoms with van der Waals surface area (Å²) in [5.41, 5.74) is 2.83. The van der Waals surface area contributed by atoms with E-state index >= 15 is 0 Å². The summed E-state index contributed by atoms with van der Waals surface area (Å²) in [4.78, 5) is 10.6. The molecule has 4 N–H and O–H groups in total. The number of hydrogen-bond acceptors (Lipinski definition) is 7. The lowest BCUT2D eigenvalue weighted by Crippen LogP contribution is -2.27. The Bertz CT molecular complexity index is 427. The van der Waals surface area contributed by atoms with Crippen LogP contribution in [0.1, 0.15) is 0 Å². The van der Waals surface area contributed by atoms with Crippen LogP contribution in [-0.4, -0.2) is 38.4 Å². The van der Waals surface area contributed by atoms with Crippen molar-refractivity contribution < 1.29 is 14.4 Å². The van der Waals surface area contributed by atoms with Crippen LogP contribution in [0.3, 0.4) is 0 Å². The van der Waals surface area contributed by atoms with E-state index in [1.165, 1.54) is 6.07 Å². The van der Waals surface area contributed by atoms with Crippen molar-refractivity contribution in [2.75, 3.05) is 38.1 Å². The smallest absolute Gasteiger partial charge is 0.316 e. The Labute approximate surface area is 111 Å². The van der Waals surface area contributed by atoms with Crippen LogP contribution < -0.4 is 16.6 Å². The van der Waals surface area contributed by atoms with Crippen molar-refractivity contribution in [3.63, 3.8) is 0 Å². The molecule has 0 amide bonds. The molecule has 0 saturated carbocycles. The summed E-state index contributed by atoms with van der Waals surface area (Å²) in [7, 11) is 3.12. The lowest BCUT2D eigenvalue weighted by Gasteiger charge is -2.16. The fourth-order valence-corrected chi connectivity index (χ4v) is 1.62. The third-order valence-corrected chi connectivity index (χ3v) is 2.58. The molecule has 8 heteroatoms. The Morgan fingerprint density at radius 3 is 2.63 bits per heavy atom. The van der Waals surface area contributed by atoms with Crippen LogP contribution in [0.2, 0.25) is 0 Å². The maximum absolute atomic E-state index is 11.1. The van der Waals surface area contributed by atoms with Gasteiger partial charge >= 0.3 is 5.69 Å². The largest absolute Gasteiger partial charge is 0.382 e. The normalized spacial score (nSPS) is 11.9. The molecule has 106 valence electrons. The third-order valence-electron chi connectivity index (χ3n) is 2.58. The Hall–Kier alpha value is -1.90. The second-order valence-electron chi connectivity index (χ2n) is 3.80. The molecule has 1 rings (SSSR count). The molecule has 0 aromatic heterocycles. The number of nitrogens with one attached hydrogen (secondary N) is 2. The van der Waals surface area contributed by atoms with Gasteiger partial charge in [0.25, 0.3) is 0 Å². The number of nitrogen functional groups attached to an aromatic ring is 1. The lowest BCUT2D eigenvalue weighted by atomic mass is 10.2. The van der Waals surface area contributed by atoms with E-state index in [4.69, 9.17) is 15.3 Å². The molecule has 0 aliphatic carbocycles. The van der Waals surface area contributed by atoms with Gasteiger partial charge in [0.1, 0.15) is 11.4 Å². The summed E-state index contributed by atoms with van der Waals surface area (Å²) in [5.74, 6) is 5.26. The molecule has 0 saturated heterocycles. The molecule has 0 heterocycles.